The van der Waals surface area contributed by atoms with Crippen molar-refractivity contribution < 1.29 is 16.7 Å². The molecule has 0 radical (unpaired) electrons. The molecule has 1 amide bonds. The van der Waals surface area contributed by atoms with Crippen molar-refractivity contribution in [2.75, 3.05) is 11.9 Å². The van der Waals surface area contributed by atoms with E-state index in [2.05, 4.69) is 5.32 Å². The van der Waals surface area contributed by atoms with Crippen LogP contribution in [0.25, 0.3) is 0 Å². The number of nitrogens with one attached hydrogen (secondary N) is 1. The van der Waals surface area contributed by atoms with E-state index in [1.165, 1.54) is 24.3 Å². The molecule has 0 aliphatic heterocycles. The molecular weight excluding hydrogens is 275 g/mol. The quantitative estimate of drug-likeness (QED) is 0.506. The Hall–Kier alpha value is -1.07. The first-order valence-corrected chi connectivity index (χ1v) is 7.98. The third kappa shape index (κ3) is 3.83. The molecule has 0 aromatic heterocycles. The zero-order chi connectivity index (χ0) is 12.2. The van der Waals surface area contributed by atoms with Gasteiger partial charge in [-0.1, -0.05) is 0 Å². The molecule has 7 heteroatoms. The van der Waals surface area contributed by atoms with Crippen LogP contribution in [-0.2, 0) is 8.53 Å². The van der Waals surface area contributed by atoms with Crippen molar-refractivity contribution >= 4 is 30.1 Å². The number of benzene rings is 1. The van der Waals surface area contributed by atoms with Gasteiger partial charge in [0.25, 0.3) is 0 Å². The van der Waals surface area contributed by atoms with Crippen LogP contribution in [0.4, 0.5) is 5.69 Å². The molecule has 0 heterocycles. The third-order valence-electron chi connectivity index (χ3n) is 1.86. The molecule has 0 unspecified atom stereocenters. The second kappa shape index (κ2) is 5.32. The molecule has 16 heavy (non-hydrogen) atoms. The fourth-order valence-corrected chi connectivity index (χ4v) is 2.22. The van der Waals surface area contributed by atoms with E-state index in [1.807, 2.05) is 0 Å². The van der Waals surface area contributed by atoms with E-state index in [9.17, 15) is 8.53 Å². The van der Waals surface area contributed by atoms with Crippen molar-refractivity contribution in [3.63, 3.8) is 0 Å². The summed E-state index contributed by atoms with van der Waals surface area (Å²) in [5, 5.41) is 2.56. The van der Waals surface area contributed by atoms with Crippen molar-refractivity contribution in [3.8, 4) is 0 Å². The van der Waals surface area contributed by atoms with E-state index in [1.54, 1.807) is 0 Å². The number of hydrogen-bond acceptors (Lipinski definition) is 3. The molecule has 0 aliphatic carbocycles. The van der Waals surface area contributed by atoms with Gasteiger partial charge in [-0.15, -0.1) is 0 Å². The van der Waals surface area contributed by atoms with Crippen molar-refractivity contribution in [2.24, 2.45) is 5.73 Å². The van der Waals surface area contributed by atoms with E-state index < -0.39 is 14.2 Å². The molecule has 0 fully saturated rings. The maximum atomic E-state index is 11.2. The van der Waals surface area contributed by atoms with Gasteiger partial charge in [0.2, 0.25) is 0 Å². The summed E-state index contributed by atoms with van der Waals surface area (Å²) in [5.74, 6) is -0.225. The molecule has 0 saturated heterocycles. The fraction of sp³-hybridized carbons (Fsp3) is 0.222. The van der Waals surface area contributed by atoms with Crippen molar-refractivity contribution in [1.29, 1.82) is 0 Å². The van der Waals surface area contributed by atoms with Gasteiger partial charge in [0.15, 0.2) is 0 Å². The molecule has 6 nitrogen and oxygen atoms in total. The molecule has 0 atom stereocenters. The summed E-state index contributed by atoms with van der Waals surface area (Å²) in [4.78, 5) is 11.2. The number of anilines is 1. The fourth-order valence-electron chi connectivity index (χ4n) is 1.09. The van der Waals surface area contributed by atoms with Crippen LogP contribution >= 0.6 is 0 Å². The molecule has 0 saturated carbocycles. The van der Waals surface area contributed by atoms with Gasteiger partial charge in [0.1, 0.15) is 0 Å². The SMILES string of the molecule is NCCC(=O)Nc1ccc([As](=O)(O)O)cc1. The average Bonchev–Trinajstić information content (AvgIpc) is 2.17. The number of carbonyl (C=O) groups is 1. The van der Waals surface area contributed by atoms with E-state index in [-0.39, 0.29) is 23.2 Å². The van der Waals surface area contributed by atoms with Crippen LogP contribution in [0.15, 0.2) is 24.3 Å². The number of rotatable bonds is 4. The Labute approximate surface area is 95.5 Å². The van der Waals surface area contributed by atoms with Crippen molar-refractivity contribution in [3.05, 3.63) is 24.3 Å². The molecule has 0 bridgehead atoms. The van der Waals surface area contributed by atoms with Gasteiger partial charge in [-0.2, -0.15) is 0 Å². The zero-order valence-electron chi connectivity index (χ0n) is 8.46. The topological polar surface area (TPSA) is 113 Å². The predicted octanol–water partition coefficient (Wildman–Crippen LogP) is -1.47. The van der Waals surface area contributed by atoms with Crippen molar-refractivity contribution in [1.82, 2.24) is 0 Å². The minimum atomic E-state index is -4.82. The Morgan fingerprint density at radius 3 is 2.31 bits per heavy atom. The monoisotopic (exact) mass is 288 g/mol. The van der Waals surface area contributed by atoms with Gasteiger partial charge in [-0.3, -0.25) is 0 Å². The van der Waals surface area contributed by atoms with Crippen LogP contribution in [0.3, 0.4) is 0 Å². The average molecular weight is 288 g/mol. The van der Waals surface area contributed by atoms with Gasteiger partial charge >= 0.3 is 95.1 Å². The number of carbonyl (C=O) groups excluding carboxylic acids is 1. The standard InChI is InChI=1S/C9H13AsN2O4/c11-6-5-9(13)12-8-3-1-7(2-4-8)10(14,15)16/h1-4H,5-6,11H2,(H,12,13)(H2,14,15,16). The third-order valence-corrected chi connectivity index (χ3v) is 3.90. The summed E-state index contributed by atoms with van der Waals surface area (Å²) < 4.78 is 28.7. The second-order valence-corrected chi connectivity index (χ2v) is 6.54. The normalized spacial score (nSPS) is 11.2. The first kappa shape index (κ1) is 13.0. The van der Waals surface area contributed by atoms with Gasteiger partial charge in [-0.25, -0.2) is 0 Å². The van der Waals surface area contributed by atoms with Gasteiger partial charge in [0.05, 0.1) is 0 Å². The summed E-state index contributed by atoms with van der Waals surface area (Å²) in [5.41, 5.74) is 5.69. The maximum absolute atomic E-state index is 11.2. The summed E-state index contributed by atoms with van der Waals surface area (Å²) in [6.45, 7) is 0.259. The molecule has 1 aromatic rings. The van der Waals surface area contributed by atoms with Gasteiger partial charge in [0, 0.05) is 0 Å². The Kier molecular flexibility index (Phi) is 4.32. The second-order valence-electron chi connectivity index (χ2n) is 3.18. The van der Waals surface area contributed by atoms with Crippen LogP contribution in [0.1, 0.15) is 6.42 Å². The van der Waals surface area contributed by atoms with Gasteiger partial charge < -0.3 is 0 Å². The first-order chi connectivity index (χ1) is 7.43. The van der Waals surface area contributed by atoms with Crippen LogP contribution in [-0.4, -0.2) is 34.8 Å². The van der Waals surface area contributed by atoms with E-state index in [0.29, 0.717) is 5.69 Å². The van der Waals surface area contributed by atoms with Crippen LogP contribution in [0.5, 0.6) is 0 Å². The number of nitrogens with two attached hydrogens (primary N) is 1. The van der Waals surface area contributed by atoms with Crippen LogP contribution < -0.4 is 15.4 Å². The Balaban J connectivity index is 2.72. The Morgan fingerprint density at radius 2 is 1.88 bits per heavy atom. The van der Waals surface area contributed by atoms with Crippen LogP contribution in [0.2, 0.25) is 0 Å². The Morgan fingerprint density at radius 1 is 1.31 bits per heavy atom. The van der Waals surface area contributed by atoms with E-state index in [4.69, 9.17) is 13.9 Å². The summed E-state index contributed by atoms with van der Waals surface area (Å²) >= 11 is -4.82. The summed E-state index contributed by atoms with van der Waals surface area (Å²) in [6, 6.07) is 5.50. The Bertz CT molecular complexity index is 412. The molecule has 1 rings (SSSR count). The first-order valence-electron chi connectivity index (χ1n) is 4.59. The molecule has 5 N–H and O–H groups in total. The summed E-state index contributed by atoms with van der Waals surface area (Å²) in [7, 11) is 0. The minimum absolute atomic E-state index is 0.0186. The van der Waals surface area contributed by atoms with Crippen LogP contribution in [0, 0.1) is 0 Å². The molecular formula is C9H13AsN2O4. The molecule has 0 aliphatic rings. The number of hydrogen-bond donors (Lipinski definition) is 4. The molecule has 0 spiro atoms. The summed E-state index contributed by atoms with van der Waals surface area (Å²) in [6.07, 6.45) is 0.212. The molecule has 88 valence electrons. The molecule has 1 aromatic carbocycles. The van der Waals surface area contributed by atoms with Gasteiger partial charge in [-0.05, 0) is 0 Å². The van der Waals surface area contributed by atoms with E-state index in [0.717, 1.165) is 0 Å². The number of amides is 1. The predicted molar refractivity (Wildman–Crippen MR) is 59.3 cm³/mol. The zero-order valence-corrected chi connectivity index (χ0v) is 10.3. The van der Waals surface area contributed by atoms with Crippen molar-refractivity contribution in [2.45, 2.75) is 6.42 Å². The van der Waals surface area contributed by atoms with E-state index >= 15 is 0 Å².